The van der Waals surface area contributed by atoms with Crippen LogP contribution in [0.4, 0.5) is 0 Å². The molecular weight excluding hydrogens is 172 g/mol. The summed E-state index contributed by atoms with van der Waals surface area (Å²) in [5, 5.41) is 28.2. The Kier molecular flexibility index (Phi) is 6.88. The molecule has 0 saturated carbocycles. The molecule has 0 heterocycles. The van der Waals surface area contributed by atoms with Gasteiger partial charge in [-0.1, -0.05) is 0 Å². The van der Waals surface area contributed by atoms with E-state index in [0.717, 1.165) is 0 Å². The summed E-state index contributed by atoms with van der Waals surface area (Å²) in [6.07, 6.45) is 0.599. The van der Waals surface area contributed by atoms with Crippen LogP contribution in [0.2, 0.25) is 0 Å². The van der Waals surface area contributed by atoms with Crippen molar-refractivity contribution in [3.05, 3.63) is 0 Å². The number of hydrogen-bond donors (Lipinski definition) is 3. The van der Waals surface area contributed by atoms with Crippen molar-refractivity contribution in [1.82, 2.24) is 5.32 Å². The lowest BCUT2D eigenvalue weighted by Crippen LogP contribution is -2.30. The molecule has 0 spiro atoms. The Bertz CT molecular complexity index is 188. The molecule has 3 N–H and O–H groups in total. The van der Waals surface area contributed by atoms with Crippen molar-refractivity contribution in [2.24, 2.45) is 5.92 Å². The van der Waals surface area contributed by atoms with Crippen LogP contribution in [0, 0.1) is 17.2 Å². The molecule has 0 fully saturated rings. The highest BCUT2D eigenvalue weighted by atomic mass is 16.4. The lowest BCUT2D eigenvalue weighted by molar-refractivity contribution is -0.141. The van der Waals surface area contributed by atoms with Gasteiger partial charge in [-0.15, -0.1) is 0 Å². The van der Waals surface area contributed by atoms with E-state index in [2.05, 4.69) is 5.32 Å². The largest absolute Gasteiger partial charge is 0.481 e. The fraction of sp³-hybridized carbons (Fsp3) is 0.750. The average molecular weight is 186 g/mol. The fourth-order valence-electron chi connectivity index (χ4n) is 0.907. The van der Waals surface area contributed by atoms with Gasteiger partial charge in [0, 0.05) is 19.5 Å². The number of nitrogens with zero attached hydrogens (tertiary/aromatic N) is 1. The third kappa shape index (κ3) is 6.08. The Balaban J connectivity index is 3.68. The van der Waals surface area contributed by atoms with Crippen LogP contribution in [0.3, 0.4) is 0 Å². The molecule has 74 valence electrons. The van der Waals surface area contributed by atoms with Gasteiger partial charge in [0.15, 0.2) is 0 Å². The molecule has 5 nitrogen and oxygen atoms in total. The highest BCUT2D eigenvalue weighted by Crippen LogP contribution is 2.04. The standard InChI is InChI=1S/C8H14N2O3/c9-3-1-2-7(8(12)13)6-10-4-5-11/h7,10-11H,1-2,4-6H2,(H,12,13). The molecule has 0 aromatic heterocycles. The first-order valence-corrected chi connectivity index (χ1v) is 4.13. The zero-order valence-electron chi connectivity index (χ0n) is 7.36. The Morgan fingerprint density at radius 2 is 2.31 bits per heavy atom. The van der Waals surface area contributed by atoms with E-state index in [1.807, 2.05) is 6.07 Å². The lowest BCUT2D eigenvalue weighted by Gasteiger charge is -2.10. The summed E-state index contributed by atoms with van der Waals surface area (Å²) in [7, 11) is 0. The number of nitrogens with one attached hydrogen (secondary N) is 1. The normalized spacial score (nSPS) is 12.0. The highest BCUT2D eigenvalue weighted by Gasteiger charge is 2.15. The molecule has 0 aromatic rings. The van der Waals surface area contributed by atoms with Crippen molar-refractivity contribution < 1.29 is 15.0 Å². The van der Waals surface area contributed by atoms with Crippen LogP contribution in [0.5, 0.6) is 0 Å². The molecule has 0 aliphatic heterocycles. The number of aliphatic hydroxyl groups excluding tert-OH is 1. The summed E-state index contributed by atoms with van der Waals surface area (Å²) < 4.78 is 0. The summed E-state index contributed by atoms with van der Waals surface area (Å²) in [6, 6.07) is 1.90. The minimum Gasteiger partial charge on any atom is -0.481 e. The maximum absolute atomic E-state index is 10.6. The van der Waals surface area contributed by atoms with Gasteiger partial charge in [0.1, 0.15) is 0 Å². The molecule has 1 unspecified atom stereocenters. The SMILES string of the molecule is N#CCCC(CNCCO)C(=O)O. The van der Waals surface area contributed by atoms with Gasteiger partial charge in [-0.3, -0.25) is 4.79 Å². The van der Waals surface area contributed by atoms with Gasteiger partial charge in [0.05, 0.1) is 18.6 Å². The van der Waals surface area contributed by atoms with Crippen LogP contribution in [-0.4, -0.2) is 35.9 Å². The molecule has 0 aliphatic carbocycles. The van der Waals surface area contributed by atoms with Crippen LogP contribution in [0.15, 0.2) is 0 Å². The van der Waals surface area contributed by atoms with E-state index in [4.69, 9.17) is 15.5 Å². The maximum Gasteiger partial charge on any atom is 0.307 e. The molecule has 5 heteroatoms. The van der Waals surface area contributed by atoms with Gasteiger partial charge in [0.25, 0.3) is 0 Å². The van der Waals surface area contributed by atoms with Crippen LogP contribution in [-0.2, 0) is 4.79 Å². The number of carboxylic acids is 1. The average Bonchev–Trinajstić information content (AvgIpc) is 2.10. The van der Waals surface area contributed by atoms with Crippen molar-refractivity contribution in [2.45, 2.75) is 12.8 Å². The molecule has 0 aliphatic rings. The smallest absolute Gasteiger partial charge is 0.307 e. The van der Waals surface area contributed by atoms with E-state index < -0.39 is 11.9 Å². The molecule has 1 atom stereocenters. The van der Waals surface area contributed by atoms with Gasteiger partial charge >= 0.3 is 5.97 Å². The topological polar surface area (TPSA) is 93.4 Å². The van der Waals surface area contributed by atoms with E-state index in [-0.39, 0.29) is 13.0 Å². The van der Waals surface area contributed by atoms with Crippen LogP contribution < -0.4 is 5.32 Å². The van der Waals surface area contributed by atoms with Crippen molar-refractivity contribution in [3.63, 3.8) is 0 Å². The van der Waals surface area contributed by atoms with E-state index in [1.165, 1.54) is 0 Å². The van der Waals surface area contributed by atoms with Gasteiger partial charge in [-0.2, -0.15) is 5.26 Å². The molecule has 0 saturated heterocycles. The number of rotatable bonds is 7. The highest BCUT2D eigenvalue weighted by molar-refractivity contribution is 5.70. The second kappa shape index (κ2) is 7.53. The summed E-state index contributed by atoms with van der Waals surface area (Å²) in [5.41, 5.74) is 0. The first-order chi connectivity index (χ1) is 6.22. The Labute approximate surface area is 77.0 Å². The predicted molar refractivity (Wildman–Crippen MR) is 45.9 cm³/mol. The zero-order valence-corrected chi connectivity index (χ0v) is 7.36. The van der Waals surface area contributed by atoms with Crippen molar-refractivity contribution in [1.29, 1.82) is 5.26 Å². The molecular formula is C8H14N2O3. The van der Waals surface area contributed by atoms with Gasteiger partial charge in [-0.25, -0.2) is 0 Å². The molecule has 0 amide bonds. The Morgan fingerprint density at radius 1 is 1.62 bits per heavy atom. The molecule has 0 radical (unpaired) electrons. The lowest BCUT2D eigenvalue weighted by atomic mass is 10.0. The van der Waals surface area contributed by atoms with E-state index in [0.29, 0.717) is 19.5 Å². The number of hydrogen-bond acceptors (Lipinski definition) is 4. The third-order valence-electron chi connectivity index (χ3n) is 1.63. The van der Waals surface area contributed by atoms with Gasteiger partial charge in [-0.05, 0) is 6.42 Å². The van der Waals surface area contributed by atoms with Crippen LogP contribution in [0.1, 0.15) is 12.8 Å². The summed E-state index contributed by atoms with van der Waals surface area (Å²) in [5.74, 6) is -1.44. The molecule has 0 bridgehead atoms. The Morgan fingerprint density at radius 3 is 2.77 bits per heavy atom. The van der Waals surface area contributed by atoms with Crippen molar-refractivity contribution >= 4 is 5.97 Å². The number of carbonyl (C=O) groups is 1. The first-order valence-electron chi connectivity index (χ1n) is 4.13. The van der Waals surface area contributed by atoms with E-state index in [1.54, 1.807) is 0 Å². The third-order valence-corrected chi connectivity index (χ3v) is 1.63. The number of aliphatic carboxylic acids is 1. The minimum absolute atomic E-state index is 0.00934. The van der Waals surface area contributed by atoms with E-state index in [9.17, 15) is 4.79 Å². The first kappa shape index (κ1) is 11.9. The van der Waals surface area contributed by atoms with Crippen LogP contribution >= 0.6 is 0 Å². The summed E-state index contributed by atoms with van der Waals surface area (Å²) in [4.78, 5) is 10.6. The van der Waals surface area contributed by atoms with Gasteiger partial charge in [0.2, 0.25) is 0 Å². The summed E-state index contributed by atoms with van der Waals surface area (Å²) >= 11 is 0. The molecule has 0 rings (SSSR count). The number of carboxylic acid groups (broad SMARTS) is 1. The fourth-order valence-corrected chi connectivity index (χ4v) is 0.907. The second-order valence-corrected chi connectivity index (χ2v) is 2.66. The maximum atomic E-state index is 10.6. The molecule has 0 aromatic carbocycles. The number of nitriles is 1. The van der Waals surface area contributed by atoms with Crippen LogP contribution in [0.25, 0.3) is 0 Å². The summed E-state index contributed by atoms with van der Waals surface area (Å²) in [6.45, 7) is 0.679. The zero-order chi connectivity index (χ0) is 10.1. The van der Waals surface area contributed by atoms with E-state index >= 15 is 0 Å². The predicted octanol–water partition coefficient (Wildman–Crippen LogP) is -0.427. The second-order valence-electron chi connectivity index (χ2n) is 2.66. The monoisotopic (exact) mass is 186 g/mol. The molecule has 13 heavy (non-hydrogen) atoms. The quantitative estimate of drug-likeness (QED) is 0.469. The minimum atomic E-state index is -0.902. The number of aliphatic hydroxyl groups is 1. The van der Waals surface area contributed by atoms with Crippen molar-refractivity contribution in [3.8, 4) is 6.07 Å². The van der Waals surface area contributed by atoms with Crippen molar-refractivity contribution in [2.75, 3.05) is 19.7 Å². The van der Waals surface area contributed by atoms with Gasteiger partial charge < -0.3 is 15.5 Å². The Hall–Kier alpha value is -1.12.